The number of halogens is 4. The van der Waals surface area contributed by atoms with E-state index in [1.807, 2.05) is 0 Å². The van der Waals surface area contributed by atoms with Crippen LogP contribution in [-0.2, 0) is 23.0 Å². The van der Waals surface area contributed by atoms with Crippen LogP contribution in [0.4, 0.5) is 17.6 Å². The van der Waals surface area contributed by atoms with Crippen LogP contribution >= 0.6 is 0 Å². The van der Waals surface area contributed by atoms with Crippen molar-refractivity contribution in [1.29, 1.82) is 0 Å². The molecular weight excluding hydrogens is 464 g/mol. The third kappa shape index (κ3) is 6.11. The Hall–Kier alpha value is -2.92. The number of hydrogen-bond donors (Lipinski definition) is 1. The summed E-state index contributed by atoms with van der Waals surface area (Å²) in [7, 11) is -3.38. The number of carbonyl (C=O) groups is 1. The summed E-state index contributed by atoms with van der Waals surface area (Å²) in [5.74, 6) is -1.53. The van der Waals surface area contributed by atoms with Crippen LogP contribution in [0, 0.1) is 12.7 Å². The summed E-state index contributed by atoms with van der Waals surface area (Å²) in [6, 6.07) is 9.62. The van der Waals surface area contributed by atoms with Gasteiger partial charge in [0.1, 0.15) is 11.6 Å². The molecule has 0 radical (unpaired) electrons. The molecule has 0 atom stereocenters. The standard InChI is InChI=1S/C22H22F4N2O4S/c1-14-20(18(29)13-15-7-3-4-10-19(15)32-22(24,25)26)16-8-5-9-17(23)21(16)28(14)12-6-11-27-33(2,30)31/h3-5,7-10,27H,6,11-13H2,1-2H3. The van der Waals surface area contributed by atoms with Crippen molar-refractivity contribution in [1.82, 2.24) is 9.29 Å². The van der Waals surface area contributed by atoms with Gasteiger partial charge in [-0.05, 0) is 25.5 Å². The van der Waals surface area contributed by atoms with Gasteiger partial charge in [0.05, 0.1) is 11.8 Å². The summed E-state index contributed by atoms with van der Waals surface area (Å²) in [6.45, 7) is 1.97. The molecule has 0 aliphatic heterocycles. The van der Waals surface area contributed by atoms with E-state index >= 15 is 0 Å². The van der Waals surface area contributed by atoms with Crippen LogP contribution in [-0.4, -0.2) is 37.9 Å². The van der Waals surface area contributed by atoms with E-state index in [1.54, 1.807) is 17.6 Å². The van der Waals surface area contributed by atoms with Gasteiger partial charge in [-0.3, -0.25) is 4.79 Å². The fraction of sp³-hybridized carbons (Fsp3) is 0.318. The first-order chi connectivity index (χ1) is 15.4. The van der Waals surface area contributed by atoms with Crippen molar-refractivity contribution in [3.8, 4) is 5.75 Å². The van der Waals surface area contributed by atoms with Gasteiger partial charge < -0.3 is 9.30 Å². The lowest BCUT2D eigenvalue weighted by Crippen LogP contribution is -2.24. The summed E-state index contributed by atoms with van der Waals surface area (Å²) < 4.78 is 83.4. The molecule has 3 aromatic rings. The van der Waals surface area contributed by atoms with E-state index in [-0.39, 0.29) is 36.2 Å². The molecule has 2 aromatic carbocycles. The van der Waals surface area contributed by atoms with Gasteiger partial charge in [0.15, 0.2) is 5.78 Å². The first kappa shape index (κ1) is 24.7. The van der Waals surface area contributed by atoms with Crippen molar-refractivity contribution in [2.45, 2.75) is 32.7 Å². The quantitative estimate of drug-likeness (QED) is 0.277. The number of alkyl halides is 3. The fourth-order valence-corrected chi connectivity index (χ4v) is 4.27. The van der Waals surface area contributed by atoms with E-state index in [9.17, 15) is 30.8 Å². The number of ether oxygens (including phenoxy) is 1. The van der Waals surface area contributed by atoms with E-state index in [4.69, 9.17) is 0 Å². The van der Waals surface area contributed by atoms with Crippen molar-refractivity contribution in [2.75, 3.05) is 12.8 Å². The molecule has 0 saturated carbocycles. The average molecular weight is 486 g/mol. The molecule has 1 heterocycles. The predicted molar refractivity (Wildman–Crippen MR) is 115 cm³/mol. The van der Waals surface area contributed by atoms with Crippen molar-refractivity contribution in [2.24, 2.45) is 0 Å². The number of fused-ring (bicyclic) bond motifs is 1. The van der Waals surface area contributed by atoms with Gasteiger partial charge >= 0.3 is 6.36 Å². The summed E-state index contributed by atoms with van der Waals surface area (Å²) in [4.78, 5) is 13.2. The number of sulfonamides is 1. The Morgan fingerprint density at radius 2 is 1.82 bits per heavy atom. The smallest absolute Gasteiger partial charge is 0.405 e. The Bertz CT molecular complexity index is 1280. The van der Waals surface area contributed by atoms with Gasteiger partial charge in [0.25, 0.3) is 0 Å². The maximum atomic E-state index is 14.7. The number of carbonyl (C=O) groups excluding carboxylic acids is 1. The lowest BCUT2D eigenvalue weighted by atomic mass is 10.00. The fourth-order valence-electron chi connectivity index (χ4n) is 3.75. The molecule has 0 spiro atoms. The number of rotatable bonds is 9. The SMILES string of the molecule is Cc1c(C(=O)Cc2ccccc2OC(F)(F)F)c2cccc(F)c2n1CCCNS(C)(=O)=O. The number of nitrogens with zero attached hydrogens (tertiary/aromatic N) is 1. The van der Waals surface area contributed by atoms with Crippen LogP contribution in [0.5, 0.6) is 5.75 Å². The minimum absolute atomic E-state index is 0.0499. The molecule has 0 fully saturated rings. The number of hydrogen-bond acceptors (Lipinski definition) is 4. The highest BCUT2D eigenvalue weighted by Gasteiger charge is 2.32. The van der Waals surface area contributed by atoms with Gasteiger partial charge in [-0.1, -0.05) is 30.3 Å². The van der Waals surface area contributed by atoms with Crippen molar-refractivity contribution >= 4 is 26.7 Å². The van der Waals surface area contributed by atoms with Crippen LogP contribution in [0.15, 0.2) is 42.5 Å². The summed E-state index contributed by atoms with van der Waals surface area (Å²) >= 11 is 0. The Morgan fingerprint density at radius 3 is 2.48 bits per heavy atom. The molecule has 3 rings (SSSR count). The van der Waals surface area contributed by atoms with Gasteiger partial charge in [0, 0.05) is 41.7 Å². The Kier molecular flexibility index (Phi) is 7.13. The monoisotopic (exact) mass is 486 g/mol. The molecule has 0 amide bonds. The number of aromatic nitrogens is 1. The van der Waals surface area contributed by atoms with E-state index in [2.05, 4.69) is 9.46 Å². The minimum Gasteiger partial charge on any atom is -0.405 e. The van der Waals surface area contributed by atoms with Gasteiger partial charge in [-0.2, -0.15) is 0 Å². The first-order valence-corrected chi connectivity index (χ1v) is 11.9. The van der Waals surface area contributed by atoms with E-state index in [1.165, 1.54) is 30.3 Å². The second-order valence-corrected chi connectivity index (χ2v) is 9.36. The molecule has 1 aromatic heterocycles. The van der Waals surface area contributed by atoms with Crippen LogP contribution < -0.4 is 9.46 Å². The number of benzene rings is 2. The molecular formula is C22H22F4N2O4S. The number of nitrogens with one attached hydrogen (secondary N) is 1. The maximum absolute atomic E-state index is 14.7. The lowest BCUT2D eigenvalue weighted by molar-refractivity contribution is -0.274. The second kappa shape index (κ2) is 9.52. The highest BCUT2D eigenvalue weighted by molar-refractivity contribution is 7.88. The molecule has 178 valence electrons. The molecule has 0 saturated heterocycles. The second-order valence-electron chi connectivity index (χ2n) is 7.52. The largest absolute Gasteiger partial charge is 0.573 e. The number of aryl methyl sites for hydroxylation is 1. The predicted octanol–water partition coefficient (Wildman–Crippen LogP) is 4.35. The van der Waals surface area contributed by atoms with E-state index in [0.717, 1.165) is 12.3 Å². The Balaban J connectivity index is 1.95. The molecule has 1 N–H and O–H groups in total. The summed E-state index contributed by atoms with van der Waals surface area (Å²) in [6.07, 6.45) is -3.92. The molecule has 33 heavy (non-hydrogen) atoms. The van der Waals surface area contributed by atoms with Crippen LogP contribution in [0.2, 0.25) is 0 Å². The average Bonchev–Trinajstić information content (AvgIpc) is 2.97. The van der Waals surface area contributed by atoms with Gasteiger partial charge in [0.2, 0.25) is 10.0 Å². The lowest BCUT2D eigenvalue weighted by Gasteiger charge is -2.13. The molecule has 0 unspecified atom stereocenters. The Morgan fingerprint density at radius 1 is 1.12 bits per heavy atom. The molecule has 0 aliphatic rings. The zero-order chi connectivity index (χ0) is 24.4. The topological polar surface area (TPSA) is 77.4 Å². The van der Waals surface area contributed by atoms with Crippen LogP contribution in [0.1, 0.15) is 28.0 Å². The number of ketones is 1. The van der Waals surface area contributed by atoms with Crippen LogP contribution in [0.3, 0.4) is 0 Å². The molecule has 0 aliphatic carbocycles. The molecule has 0 bridgehead atoms. The minimum atomic E-state index is -4.91. The highest BCUT2D eigenvalue weighted by atomic mass is 32.2. The maximum Gasteiger partial charge on any atom is 0.573 e. The van der Waals surface area contributed by atoms with Crippen LogP contribution in [0.25, 0.3) is 10.9 Å². The van der Waals surface area contributed by atoms with E-state index in [0.29, 0.717) is 17.5 Å². The number of para-hydroxylation sites is 2. The zero-order valence-electron chi connectivity index (χ0n) is 17.9. The van der Waals surface area contributed by atoms with Crippen molar-refractivity contribution in [3.05, 3.63) is 65.1 Å². The molecule has 11 heteroatoms. The Labute approximate surface area is 188 Å². The zero-order valence-corrected chi connectivity index (χ0v) is 18.7. The summed E-state index contributed by atoms with van der Waals surface area (Å²) in [5, 5.41) is 0.336. The van der Waals surface area contributed by atoms with Gasteiger partial charge in [-0.15, -0.1) is 13.2 Å². The van der Waals surface area contributed by atoms with Crippen molar-refractivity contribution < 1.29 is 35.5 Å². The van der Waals surface area contributed by atoms with Gasteiger partial charge in [-0.25, -0.2) is 17.5 Å². The van der Waals surface area contributed by atoms with Crippen molar-refractivity contribution in [3.63, 3.8) is 0 Å². The molecule has 6 nitrogen and oxygen atoms in total. The number of Topliss-reactive ketones (excluding diaryl/α,β-unsaturated/α-hetero) is 1. The van der Waals surface area contributed by atoms with E-state index < -0.39 is 33.7 Å². The third-order valence-electron chi connectivity index (χ3n) is 5.04. The first-order valence-electron chi connectivity index (χ1n) is 9.96. The normalized spacial score (nSPS) is 12.3. The highest BCUT2D eigenvalue weighted by Crippen LogP contribution is 2.32. The summed E-state index contributed by atoms with van der Waals surface area (Å²) in [5.41, 5.74) is 0.863. The third-order valence-corrected chi connectivity index (χ3v) is 5.77.